The molecule has 0 bridgehead atoms. The second-order valence-electron chi connectivity index (χ2n) is 2.66. The zero-order chi connectivity index (χ0) is 10.6. The fourth-order valence-electron chi connectivity index (χ4n) is 0.900. The monoisotopic (exact) mass is 230 g/mol. The minimum absolute atomic E-state index is 0. The molecule has 15 heavy (non-hydrogen) atoms. The first kappa shape index (κ1) is 13.2. The number of hydrogen-bond donors (Lipinski definition) is 3. The van der Waals surface area contributed by atoms with Crippen LogP contribution >= 0.6 is 0 Å². The lowest BCUT2D eigenvalue weighted by Gasteiger charge is -1.94. The average molecular weight is 231 g/mol. The van der Waals surface area contributed by atoms with Gasteiger partial charge in [0.1, 0.15) is 13.3 Å². The summed E-state index contributed by atoms with van der Waals surface area (Å²) in [5, 5.41) is 12.7. The predicted octanol–water partition coefficient (Wildman–Crippen LogP) is -3.78. The normalized spacial score (nSPS) is 9.67. The lowest BCUT2D eigenvalue weighted by molar-refractivity contribution is -0.672. The van der Waals surface area contributed by atoms with E-state index in [0.29, 0.717) is 0 Å². The van der Waals surface area contributed by atoms with Gasteiger partial charge in [-0.2, -0.15) is 9.67 Å². The largest absolute Gasteiger partial charge is 1.00 e. The van der Waals surface area contributed by atoms with Crippen molar-refractivity contribution in [3.63, 3.8) is 0 Å². The molecular formula is C8H11ClN4O2. The first-order valence-corrected chi connectivity index (χ1v) is 3.87. The number of carbonyl (C=O) groups excluding carboxylic acids is 1. The van der Waals surface area contributed by atoms with Crippen molar-refractivity contribution in [2.75, 3.05) is 0 Å². The highest BCUT2D eigenvalue weighted by Gasteiger charge is 2.03. The topological polar surface area (TPSA) is 91.6 Å². The zero-order valence-corrected chi connectivity index (χ0v) is 8.77. The maximum absolute atomic E-state index is 10.3. The van der Waals surface area contributed by atoms with Crippen molar-refractivity contribution in [1.82, 2.24) is 5.43 Å². The Morgan fingerprint density at radius 1 is 1.67 bits per heavy atom. The van der Waals surface area contributed by atoms with Gasteiger partial charge in [-0.15, -0.1) is 0 Å². The third-order valence-corrected chi connectivity index (χ3v) is 1.53. The van der Waals surface area contributed by atoms with Gasteiger partial charge >= 0.3 is 6.03 Å². The van der Waals surface area contributed by atoms with Gasteiger partial charge in [-0.1, -0.05) is 0 Å². The van der Waals surface area contributed by atoms with Crippen LogP contribution < -0.4 is 28.1 Å². The van der Waals surface area contributed by atoms with E-state index in [1.807, 2.05) is 0 Å². The Morgan fingerprint density at radius 2 is 2.33 bits per heavy atom. The Bertz CT molecular complexity index is 381. The van der Waals surface area contributed by atoms with Crippen molar-refractivity contribution in [3.05, 3.63) is 24.0 Å². The number of primary amides is 1. The fraction of sp³-hybridized carbons (Fsp3) is 0.125. The molecule has 0 unspecified atom stereocenters. The van der Waals surface area contributed by atoms with Gasteiger partial charge in [-0.05, 0) is 6.07 Å². The number of rotatable bonds is 2. The van der Waals surface area contributed by atoms with Gasteiger partial charge in [-0.25, -0.2) is 10.2 Å². The van der Waals surface area contributed by atoms with Crippen molar-refractivity contribution in [2.24, 2.45) is 17.9 Å². The Morgan fingerprint density at radius 3 is 2.87 bits per heavy atom. The Kier molecular flexibility index (Phi) is 5.11. The van der Waals surface area contributed by atoms with Crippen LogP contribution in [0.2, 0.25) is 0 Å². The fourth-order valence-corrected chi connectivity index (χ4v) is 0.900. The second-order valence-corrected chi connectivity index (χ2v) is 2.66. The quantitative estimate of drug-likeness (QED) is 0.277. The molecule has 1 heterocycles. The van der Waals surface area contributed by atoms with Gasteiger partial charge in [0, 0.05) is 6.07 Å². The SMILES string of the molecule is C[n+]1cc(O)ccc1C=NNC(N)=O.[Cl-]. The molecule has 0 saturated carbocycles. The van der Waals surface area contributed by atoms with Crippen molar-refractivity contribution < 1.29 is 26.9 Å². The van der Waals surface area contributed by atoms with Crippen LogP contribution in [0.25, 0.3) is 0 Å². The lowest BCUT2D eigenvalue weighted by Crippen LogP contribution is -3.00. The molecule has 0 aliphatic carbocycles. The summed E-state index contributed by atoms with van der Waals surface area (Å²) < 4.78 is 1.65. The molecule has 0 atom stereocenters. The van der Waals surface area contributed by atoms with E-state index in [2.05, 4.69) is 10.5 Å². The summed E-state index contributed by atoms with van der Waals surface area (Å²) >= 11 is 0. The number of urea groups is 1. The van der Waals surface area contributed by atoms with E-state index in [-0.39, 0.29) is 18.2 Å². The molecule has 0 aliphatic rings. The minimum Gasteiger partial charge on any atom is -1.00 e. The number of nitrogens with two attached hydrogens (primary N) is 1. The van der Waals surface area contributed by atoms with Crippen LogP contribution in [-0.4, -0.2) is 17.4 Å². The molecule has 0 radical (unpaired) electrons. The number of aromatic nitrogens is 1. The maximum atomic E-state index is 10.3. The Hall–Kier alpha value is -1.82. The van der Waals surface area contributed by atoms with Gasteiger partial charge < -0.3 is 23.2 Å². The standard InChI is InChI=1S/C8H10N4O2.ClH/c1-12-5-7(13)3-2-6(12)4-10-11-8(9)14;/h2-5H,1H3,(H3,9,13,14);1H. The summed E-state index contributed by atoms with van der Waals surface area (Å²) in [5.41, 5.74) is 7.60. The van der Waals surface area contributed by atoms with Crippen molar-refractivity contribution in [3.8, 4) is 5.75 Å². The van der Waals surface area contributed by atoms with Gasteiger partial charge in [0.15, 0.2) is 5.75 Å². The minimum atomic E-state index is -0.720. The number of amides is 2. The van der Waals surface area contributed by atoms with E-state index in [9.17, 15) is 4.79 Å². The van der Waals surface area contributed by atoms with E-state index in [0.717, 1.165) is 5.69 Å². The summed E-state index contributed by atoms with van der Waals surface area (Å²) in [6.07, 6.45) is 2.94. The van der Waals surface area contributed by atoms with Crippen LogP contribution in [-0.2, 0) is 7.05 Å². The lowest BCUT2D eigenvalue weighted by atomic mass is 10.3. The highest BCUT2D eigenvalue weighted by Crippen LogP contribution is 2.02. The molecule has 7 heteroatoms. The summed E-state index contributed by atoms with van der Waals surface area (Å²) in [5.74, 6) is 0.160. The molecule has 0 aliphatic heterocycles. The van der Waals surface area contributed by atoms with E-state index < -0.39 is 6.03 Å². The maximum Gasteiger partial charge on any atom is 0.332 e. The van der Waals surface area contributed by atoms with Crippen LogP contribution in [0.4, 0.5) is 4.79 Å². The van der Waals surface area contributed by atoms with E-state index in [4.69, 9.17) is 10.8 Å². The number of pyridine rings is 1. The van der Waals surface area contributed by atoms with Crippen molar-refractivity contribution in [1.29, 1.82) is 0 Å². The summed E-state index contributed by atoms with van der Waals surface area (Å²) in [6, 6.07) is 2.45. The van der Waals surface area contributed by atoms with Crippen LogP contribution in [0, 0.1) is 0 Å². The van der Waals surface area contributed by atoms with Crippen LogP contribution in [0.15, 0.2) is 23.4 Å². The van der Waals surface area contributed by atoms with Crippen molar-refractivity contribution >= 4 is 12.2 Å². The highest BCUT2D eigenvalue weighted by atomic mass is 35.5. The van der Waals surface area contributed by atoms with Gasteiger partial charge in [0.2, 0.25) is 11.9 Å². The van der Waals surface area contributed by atoms with E-state index >= 15 is 0 Å². The van der Waals surface area contributed by atoms with Crippen molar-refractivity contribution in [2.45, 2.75) is 0 Å². The number of hydrazone groups is 1. The third kappa shape index (κ3) is 4.28. The number of halogens is 1. The number of carbonyl (C=O) groups is 1. The van der Waals surface area contributed by atoms with Gasteiger partial charge in [0.25, 0.3) is 0 Å². The van der Waals surface area contributed by atoms with Gasteiger partial charge in [0.05, 0.1) is 0 Å². The molecule has 0 saturated heterocycles. The molecule has 0 aromatic carbocycles. The Balaban J connectivity index is 0.00000196. The van der Waals surface area contributed by atoms with E-state index in [1.54, 1.807) is 17.7 Å². The molecule has 1 aromatic rings. The predicted molar refractivity (Wildman–Crippen MR) is 49.6 cm³/mol. The molecule has 2 amide bonds. The molecule has 1 rings (SSSR count). The van der Waals surface area contributed by atoms with Crippen LogP contribution in [0.3, 0.4) is 0 Å². The first-order valence-electron chi connectivity index (χ1n) is 3.87. The molecule has 82 valence electrons. The van der Waals surface area contributed by atoms with Crippen LogP contribution in [0.5, 0.6) is 5.75 Å². The van der Waals surface area contributed by atoms with Gasteiger partial charge in [-0.3, -0.25) is 0 Å². The molecule has 6 nitrogen and oxygen atoms in total. The Labute approximate surface area is 92.8 Å². The van der Waals surface area contributed by atoms with E-state index in [1.165, 1.54) is 18.5 Å². The number of aromatic hydroxyl groups is 1. The first-order chi connectivity index (χ1) is 6.59. The number of hydrogen-bond acceptors (Lipinski definition) is 3. The molecule has 0 fully saturated rings. The number of aryl methyl sites for hydroxylation is 1. The third-order valence-electron chi connectivity index (χ3n) is 1.53. The summed E-state index contributed by atoms with van der Waals surface area (Å²) in [7, 11) is 1.74. The number of nitrogens with one attached hydrogen (secondary N) is 1. The molecular weight excluding hydrogens is 220 g/mol. The second kappa shape index (κ2) is 5.82. The summed E-state index contributed by atoms with van der Waals surface area (Å²) in [4.78, 5) is 10.3. The molecule has 1 aromatic heterocycles. The van der Waals surface area contributed by atoms with Crippen LogP contribution in [0.1, 0.15) is 5.69 Å². The number of nitrogens with zero attached hydrogens (tertiary/aromatic N) is 2. The molecule has 0 spiro atoms. The molecule has 4 N–H and O–H groups in total. The smallest absolute Gasteiger partial charge is 0.332 e. The average Bonchev–Trinajstić information content (AvgIpc) is 2.08. The zero-order valence-electron chi connectivity index (χ0n) is 8.01. The summed E-state index contributed by atoms with van der Waals surface area (Å²) in [6.45, 7) is 0. The highest BCUT2D eigenvalue weighted by molar-refractivity contribution is 5.78.